The van der Waals surface area contributed by atoms with Gasteiger partial charge in [0.2, 0.25) is 0 Å². The molecule has 0 atom stereocenters. The average Bonchev–Trinajstić information content (AvgIpc) is 3.44. The Balaban J connectivity index is 1.46. The third-order valence-corrected chi connectivity index (χ3v) is 5.26. The molecule has 5 rings (SSSR count). The highest BCUT2D eigenvalue weighted by atomic mass is 35.5. The van der Waals surface area contributed by atoms with Crippen molar-refractivity contribution in [1.82, 2.24) is 14.5 Å². The smallest absolute Gasteiger partial charge is 0.323 e. The van der Waals surface area contributed by atoms with Gasteiger partial charge in [-0.25, -0.2) is 9.78 Å². The summed E-state index contributed by atoms with van der Waals surface area (Å²) in [4.78, 5) is 20.0. The fourth-order valence-corrected chi connectivity index (χ4v) is 3.81. The Labute approximate surface area is 191 Å². The predicted molar refractivity (Wildman–Crippen MR) is 128 cm³/mol. The molecule has 0 fully saturated rings. The van der Waals surface area contributed by atoms with Crippen LogP contribution < -0.4 is 15.4 Å². The van der Waals surface area contributed by atoms with Crippen molar-refractivity contribution in [1.29, 1.82) is 0 Å². The number of hydrogen-bond acceptors (Lipinski definition) is 3. The van der Waals surface area contributed by atoms with Gasteiger partial charge in [-0.3, -0.25) is 0 Å². The van der Waals surface area contributed by atoms with E-state index in [0.717, 1.165) is 0 Å². The zero-order valence-electron chi connectivity index (χ0n) is 19.0. The Morgan fingerprint density at radius 1 is 1.19 bits per heavy atom. The zero-order chi connectivity index (χ0) is 23.9. The summed E-state index contributed by atoms with van der Waals surface area (Å²) in [5.41, 5.74) is 2.74. The fraction of sp³-hybridized carbons (Fsp3) is 0.0833. The molecule has 0 spiro atoms. The van der Waals surface area contributed by atoms with Gasteiger partial charge in [0.05, 0.1) is 21.1 Å². The first-order valence-corrected chi connectivity index (χ1v) is 10.2. The van der Waals surface area contributed by atoms with E-state index in [-0.39, 0.29) is 0 Å². The first kappa shape index (κ1) is 17.7. The van der Waals surface area contributed by atoms with Crippen molar-refractivity contribution in [3.8, 4) is 5.75 Å². The number of urea groups is 1. The number of nitrogens with zero attached hydrogens (tertiary/aromatic N) is 2. The van der Waals surface area contributed by atoms with E-state index in [2.05, 4.69) is 20.6 Å². The van der Waals surface area contributed by atoms with Gasteiger partial charge < -0.3 is 24.9 Å². The number of aromatic nitrogens is 3. The van der Waals surface area contributed by atoms with Gasteiger partial charge in [-0.15, -0.1) is 0 Å². The van der Waals surface area contributed by atoms with Crippen LogP contribution in [-0.2, 0) is 6.50 Å². The van der Waals surface area contributed by atoms with E-state index in [9.17, 15) is 4.79 Å². The van der Waals surface area contributed by atoms with Crippen LogP contribution in [0.3, 0.4) is 0 Å². The third-order valence-electron chi connectivity index (χ3n) is 5.04. The van der Waals surface area contributed by atoms with Crippen LogP contribution in [0, 0.1) is 0 Å². The lowest BCUT2D eigenvalue weighted by molar-refractivity contribution is 0.262. The topological polar surface area (TPSA) is 84.0 Å². The number of anilines is 2. The van der Waals surface area contributed by atoms with Crippen LogP contribution in [0.4, 0.5) is 16.2 Å². The van der Waals surface area contributed by atoms with Crippen LogP contribution in [-0.4, -0.2) is 27.7 Å². The molecule has 2 aromatic carbocycles. The quantitative estimate of drug-likeness (QED) is 0.315. The lowest BCUT2D eigenvalue weighted by Crippen LogP contribution is -2.19. The number of ether oxygens (including phenoxy) is 1. The predicted octanol–water partition coefficient (Wildman–Crippen LogP) is 5.87. The number of amides is 2. The molecule has 3 heterocycles. The largest absolute Gasteiger partial charge is 0.497 e. The molecule has 32 heavy (non-hydrogen) atoms. The van der Waals surface area contributed by atoms with Crippen molar-refractivity contribution in [2.24, 2.45) is 0 Å². The second kappa shape index (κ2) is 8.28. The summed E-state index contributed by atoms with van der Waals surface area (Å²) in [5, 5.41) is 7.42. The first-order chi connectivity index (χ1) is 16.4. The minimum absolute atomic E-state index is 0.434. The van der Waals surface area contributed by atoms with Gasteiger partial charge >= 0.3 is 6.03 Å². The van der Waals surface area contributed by atoms with Crippen LogP contribution >= 0.6 is 11.6 Å². The van der Waals surface area contributed by atoms with Crippen molar-refractivity contribution < 1.29 is 12.3 Å². The van der Waals surface area contributed by atoms with Gasteiger partial charge in [0.1, 0.15) is 11.4 Å². The van der Waals surface area contributed by atoms with Gasteiger partial charge in [0.25, 0.3) is 0 Å². The molecule has 0 saturated heterocycles. The van der Waals surface area contributed by atoms with Crippen molar-refractivity contribution in [3.63, 3.8) is 0 Å². The SMILES string of the molecule is [2H]C([2H])(c1c[nH]c2ncccc12)n1ccc2c(NC(=O)Nc3cc(Cl)cc(OC)c3)cccc21. The number of methoxy groups -OCH3 is 1. The number of carbonyl (C=O) groups excluding carboxylic acids is 1. The molecule has 8 heteroatoms. The number of rotatable bonds is 5. The molecular formula is C24H20ClN5O2. The number of aromatic amines is 1. The Morgan fingerprint density at radius 3 is 2.97 bits per heavy atom. The Morgan fingerprint density at radius 2 is 2.09 bits per heavy atom. The third kappa shape index (κ3) is 3.86. The summed E-state index contributed by atoms with van der Waals surface area (Å²) in [6.45, 7) is -1.86. The van der Waals surface area contributed by atoms with E-state index in [4.69, 9.17) is 19.1 Å². The zero-order valence-corrected chi connectivity index (χ0v) is 17.8. The van der Waals surface area contributed by atoms with E-state index < -0.39 is 12.5 Å². The maximum absolute atomic E-state index is 12.7. The number of hydrogen-bond donors (Lipinski definition) is 3. The number of halogens is 1. The number of benzene rings is 2. The lowest BCUT2D eigenvalue weighted by Gasteiger charge is -2.11. The Bertz CT molecular complexity index is 1530. The van der Waals surface area contributed by atoms with Crippen LogP contribution in [0.15, 0.2) is 73.2 Å². The highest BCUT2D eigenvalue weighted by Crippen LogP contribution is 2.28. The number of H-pyrrole nitrogens is 1. The van der Waals surface area contributed by atoms with Gasteiger partial charge in [-0.05, 0) is 48.0 Å². The standard InChI is InChI=1S/C24H20ClN5O2/c1-32-18-11-16(25)10-17(12-18)28-24(31)29-21-5-2-6-22-20(21)7-9-30(22)14-15-13-27-23-19(15)4-3-8-26-23/h2-13H,14H2,1H3,(H,26,27)(H2,28,29,31)/i14D2. The van der Waals surface area contributed by atoms with Crippen molar-refractivity contribution in [2.75, 3.05) is 17.7 Å². The molecule has 0 unspecified atom stereocenters. The van der Waals surface area contributed by atoms with Crippen LogP contribution in [0.5, 0.6) is 5.75 Å². The Kier molecular flexibility index (Phi) is 4.58. The van der Waals surface area contributed by atoms with Crippen LogP contribution in [0.2, 0.25) is 5.02 Å². The molecule has 0 saturated carbocycles. The molecule has 160 valence electrons. The monoisotopic (exact) mass is 447 g/mol. The molecule has 3 aromatic heterocycles. The average molecular weight is 448 g/mol. The van der Waals surface area contributed by atoms with Crippen LogP contribution in [0.1, 0.15) is 8.30 Å². The van der Waals surface area contributed by atoms with E-state index in [1.165, 1.54) is 7.11 Å². The first-order valence-electron chi connectivity index (χ1n) is 10.8. The lowest BCUT2D eigenvalue weighted by atomic mass is 10.2. The summed E-state index contributed by atoms with van der Waals surface area (Å²) in [5.74, 6) is 0.525. The summed E-state index contributed by atoms with van der Waals surface area (Å²) in [6, 6.07) is 15.2. The highest BCUT2D eigenvalue weighted by Gasteiger charge is 2.11. The van der Waals surface area contributed by atoms with Gasteiger partial charge in [0, 0.05) is 52.6 Å². The molecular weight excluding hydrogens is 426 g/mol. The number of fused-ring (bicyclic) bond motifs is 2. The van der Waals surface area contributed by atoms with E-state index >= 15 is 0 Å². The molecule has 0 aliphatic carbocycles. The van der Waals surface area contributed by atoms with Crippen molar-refractivity contribution in [2.45, 2.75) is 6.50 Å². The van der Waals surface area contributed by atoms with E-state index in [0.29, 0.717) is 49.6 Å². The summed E-state index contributed by atoms with van der Waals surface area (Å²) in [6.07, 6.45) is 4.97. The molecule has 3 N–H and O–H groups in total. The second-order valence-electron chi connectivity index (χ2n) is 7.10. The second-order valence-corrected chi connectivity index (χ2v) is 7.53. The maximum atomic E-state index is 12.7. The van der Waals surface area contributed by atoms with E-state index in [1.54, 1.807) is 65.6 Å². The van der Waals surface area contributed by atoms with E-state index in [1.807, 2.05) is 12.1 Å². The Hall–Kier alpha value is -3.97. The minimum atomic E-state index is -1.86. The minimum Gasteiger partial charge on any atom is -0.497 e. The molecule has 0 aliphatic heterocycles. The number of pyridine rings is 1. The number of nitrogens with one attached hydrogen (secondary N) is 3. The normalized spacial score (nSPS) is 12.4. The van der Waals surface area contributed by atoms with Gasteiger partial charge in [0.15, 0.2) is 0 Å². The van der Waals surface area contributed by atoms with Crippen molar-refractivity contribution in [3.05, 3.63) is 83.8 Å². The van der Waals surface area contributed by atoms with Gasteiger partial charge in [-0.1, -0.05) is 17.7 Å². The summed E-state index contributed by atoms with van der Waals surface area (Å²) in [7, 11) is 1.52. The van der Waals surface area contributed by atoms with Crippen LogP contribution in [0.25, 0.3) is 21.9 Å². The molecule has 5 aromatic rings. The van der Waals surface area contributed by atoms with Crippen molar-refractivity contribution >= 4 is 50.9 Å². The highest BCUT2D eigenvalue weighted by molar-refractivity contribution is 6.31. The maximum Gasteiger partial charge on any atom is 0.323 e. The molecule has 0 radical (unpaired) electrons. The van der Waals surface area contributed by atoms with Gasteiger partial charge in [-0.2, -0.15) is 0 Å². The summed E-state index contributed by atoms with van der Waals surface area (Å²) < 4.78 is 24.5. The fourth-order valence-electron chi connectivity index (χ4n) is 3.59. The molecule has 7 nitrogen and oxygen atoms in total. The molecule has 0 bridgehead atoms. The molecule has 0 aliphatic rings. The summed E-state index contributed by atoms with van der Waals surface area (Å²) >= 11 is 6.08. The number of carbonyl (C=O) groups is 1. The molecule has 2 amide bonds.